The Morgan fingerprint density at radius 1 is 0.713 bits per heavy atom. The molecule has 4 aromatic rings. The number of aromatic amines is 1. The molecule has 1 aromatic heterocycles. The zero-order valence-electron chi connectivity index (χ0n) is 50.6. The van der Waals surface area contributed by atoms with Gasteiger partial charge in [0.25, 0.3) is 0 Å². The number of hydrogen-bond acceptors (Lipinski definition) is 13. The smallest absolute Gasteiger partial charge is 0.245 e. The Morgan fingerprint density at radius 2 is 1.36 bits per heavy atom. The highest BCUT2D eigenvalue weighted by Gasteiger charge is 2.47. The minimum Gasteiger partial charge on any atom is -0.497 e. The van der Waals surface area contributed by atoms with Gasteiger partial charge in [0.15, 0.2) is 0 Å². The van der Waals surface area contributed by atoms with E-state index < -0.39 is 89.3 Å². The fraction of sp³-hybridized carbons (Fsp3) is 0.531. The molecule has 10 N–H and O–H groups in total. The molecule has 1 saturated heterocycles. The van der Waals surface area contributed by atoms with E-state index in [1.165, 1.54) is 32.9 Å². The van der Waals surface area contributed by atoms with Crippen LogP contribution < -0.4 is 47.3 Å². The molecular formula is C64H87FN10O10S2. The van der Waals surface area contributed by atoms with Gasteiger partial charge in [-0.25, -0.2) is 4.39 Å². The molecule has 4 bridgehead atoms. The number of carbonyl (C=O) groups is 8. The highest BCUT2D eigenvalue weighted by Crippen LogP contribution is 2.31. The van der Waals surface area contributed by atoms with Crippen molar-refractivity contribution in [2.24, 2.45) is 0 Å². The second kappa shape index (κ2) is 33.4. The summed E-state index contributed by atoms with van der Waals surface area (Å²) in [6.07, 6.45) is 9.75. The maximum absolute atomic E-state index is 15.0. The Labute approximate surface area is 518 Å². The number of benzene rings is 3. The summed E-state index contributed by atoms with van der Waals surface area (Å²) in [6.45, 7) is 6.88. The Morgan fingerprint density at radius 3 is 2.03 bits per heavy atom. The third-order valence-corrected chi connectivity index (χ3v) is 18.4. The number of methoxy groups -OCH3 is 1. The van der Waals surface area contributed by atoms with Crippen LogP contribution in [-0.4, -0.2) is 154 Å². The number of carbonyl (C=O) groups excluding carboxylic acids is 8. The Kier molecular flexibility index (Phi) is 25.9. The van der Waals surface area contributed by atoms with Crippen molar-refractivity contribution < 1.29 is 52.6 Å². The molecule has 3 aliphatic heterocycles. The highest BCUT2D eigenvalue weighted by molar-refractivity contribution is 7.98. The number of halogens is 1. The predicted octanol–water partition coefficient (Wildman–Crippen LogP) is 5.15. The second-order valence-corrected chi connectivity index (χ2v) is 25.3. The van der Waals surface area contributed by atoms with E-state index >= 15 is 4.79 Å². The number of rotatable bonds is 6. The number of aliphatic hydroxyl groups is 1. The van der Waals surface area contributed by atoms with E-state index in [1.54, 1.807) is 66.9 Å². The second-order valence-electron chi connectivity index (χ2n) is 23.1. The third-order valence-electron chi connectivity index (χ3n) is 16.3. The summed E-state index contributed by atoms with van der Waals surface area (Å²) in [4.78, 5) is 119. The summed E-state index contributed by atoms with van der Waals surface area (Å²) in [5.41, 5.74) is 2.88. The molecule has 7 rings (SSSR count). The van der Waals surface area contributed by atoms with Crippen LogP contribution in [-0.2, 0) is 62.7 Å². The van der Waals surface area contributed by atoms with Crippen molar-refractivity contribution >= 4 is 81.7 Å². The topological polar surface area (TPSA) is 281 Å². The van der Waals surface area contributed by atoms with Crippen molar-refractivity contribution in [1.82, 2.24) is 52.4 Å². The predicted molar refractivity (Wildman–Crippen MR) is 337 cm³/mol. The number of hydrogen-bond donors (Lipinski definition) is 10. The molecule has 0 radical (unpaired) electrons. The van der Waals surface area contributed by atoms with E-state index in [1.807, 2.05) is 42.5 Å². The first-order valence-corrected chi connectivity index (χ1v) is 32.7. The van der Waals surface area contributed by atoms with E-state index in [0.29, 0.717) is 110 Å². The normalized spacial score (nSPS) is 26.7. The fourth-order valence-corrected chi connectivity index (χ4v) is 12.7. The van der Waals surface area contributed by atoms with Crippen molar-refractivity contribution in [3.63, 3.8) is 0 Å². The third kappa shape index (κ3) is 20.0. The van der Waals surface area contributed by atoms with Gasteiger partial charge in [-0.15, -0.1) is 0 Å². The van der Waals surface area contributed by atoms with Crippen molar-refractivity contribution in [2.45, 2.75) is 177 Å². The number of aliphatic hydroxyl groups excluding tert-OH is 1. The molecule has 87 heavy (non-hydrogen) atoms. The minimum atomic E-state index is -1.38. The molecule has 0 unspecified atom stereocenters. The molecule has 1 fully saturated rings. The molecule has 9 atom stereocenters. The van der Waals surface area contributed by atoms with Crippen molar-refractivity contribution in [2.75, 3.05) is 38.2 Å². The SMILES string of the molecule is COc1ccc(C[C@@H]2NC[C@H]([C@@H](C)O)NC(=O)[C@@H]3CCCC/C=C\CCCC[C@H](NC(=O)[C@@H](C)NC(=O)[C@H](C)NC(=O)CCSCc4cccc(c4)CSCCNC(=O)[C@]4(C)CCCN4C2=O)C(=O)N[C@@H](Cc2c[nH]c4ccc(F)cc24)C(=O)N3)cc1. The van der Waals surface area contributed by atoms with Crippen molar-refractivity contribution in [3.8, 4) is 5.75 Å². The lowest BCUT2D eigenvalue weighted by Gasteiger charge is -2.37. The van der Waals surface area contributed by atoms with Gasteiger partial charge in [-0.1, -0.05) is 61.4 Å². The lowest BCUT2D eigenvalue weighted by molar-refractivity contribution is -0.145. The number of nitrogens with zero attached hydrogens (tertiary/aromatic N) is 1. The van der Waals surface area contributed by atoms with Crippen LogP contribution in [0.25, 0.3) is 10.9 Å². The Balaban J connectivity index is 1.18. The first-order valence-electron chi connectivity index (χ1n) is 30.4. The lowest BCUT2D eigenvalue weighted by Crippen LogP contribution is -2.62. The standard InChI is InChI=1S/C64H87FN10O10S2/c1-40-57(78)70-41(2)58(79)71-51-18-12-10-8-6-7-9-11-13-19-52(72-61(82)53(73-59(51)80)34-46-36-67-50-25-22-47(65)35-49(46)50)60(81)74-55(42(3)76)37-68-54(33-43-20-23-48(85-5)24-21-43)62(83)75-29-15-27-64(75,4)63(84)66-28-31-87-39-45-17-14-16-44(32-45)38-86-30-26-56(77)69-40/h6-7,14,16-17,20-25,32,35-36,40-42,51-55,67-68,76H,8-13,15,18-19,26-31,33-34,37-39H2,1-5H3,(H,66,84)(H,69,77)(H,70,78)(H,71,79)(H,72,82)(H,73,80)(H,74,81)/b7-6-/t40-,41+,42+,51-,52-,53-,54-,55+,64-/m0/s1. The van der Waals surface area contributed by atoms with Gasteiger partial charge >= 0.3 is 0 Å². The van der Waals surface area contributed by atoms with Crippen LogP contribution in [0, 0.1) is 5.82 Å². The van der Waals surface area contributed by atoms with Crippen LogP contribution in [0.2, 0.25) is 0 Å². The monoisotopic (exact) mass is 1240 g/mol. The summed E-state index contributed by atoms with van der Waals surface area (Å²) in [6, 6.07) is 11.8. The number of thioether (sulfide) groups is 2. The summed E-state index contributed by atoms with van der Waals surface area (Å²) >= 11 is 3.25. The number of fused-ring (bicyclic) bond motifs is 10. The molecule has 8 amide bonds. The zero-order valence-corrected chi connectivity index (χ0v) is 52.2. The van der Waals surface area contributed by atoms with Crippen molar-refractivity contribution in [3.05, 3.63) is 113 Å². The molecule has 0 aliphatic carbocycles. The highest BCUT2D eigenvalue weighted by atomic mass is 32.2. The number of amides is 8. The Bertz CT molecular complexity index is 3040. The average molecular weight is 1240 g/mol. The summed E-state index contributed by atoms with van der Waals surface area (Å²) < 4.78 is 20.2. The number of nitrogens with one attached hydrogen (secondary N) is 9. The van der Waals surface area contributed by atoms with Crippen LogP contribution in [0.3, 0.4) is 0 Å². The molecule has 4 heterocycles. The molecule has 20 nitrogen and oxygen atoms in total. The van der Waals surface area contributed by atoms with Crippen LogP contribution in [0.5, 0.6) is 5.75 Å². The fourth-order valence-electron chi connectivity index (χ4n) is 11.0. The maximum atomic E-state index is 15.0. The van der Waals surface area contributed by atoms with Gasteiger partial charge in [-0.05, 0) is 138 Å². The molecule has 23 heteroatoms. The van der Waals surface area contributed by atoms with Gasteiger partial charge in [0.05, 0.1) is 25.3 Å². The van der Waals surface area contributed by atoms with Gasteiger partial charge in [0.2, 0.25) is 47.3 Å². The zero-order chi connectivity index (χ0) is 62.5. The average Bonchev–Trinajstić information content (AvgIpc) is 3.34. The van der Waals surface area contributed by atoms with Gasteiger partial charge in [0, 0.05) is 72.6 Å². The van der Waals surface area contributed by atoms with E-state index in [-0.39, 0.29) is 56.4 Å². The number of allylic oxidation sites excluding steroid dienone is 2. The first-order chi connectivity index (χ1) is 41.8. The quantitative estimate of drug-likeness (QED) is 0.112. The Hall–Kier alpha value is -6.95. The molecule has 3 aliphatic rings. The van der Waals surface area contributed by atoms with Crippen LogP contribution in [0.4, 0.5) is 4.39 Å². The molecule has 0 saturated carbocycles. The summed E-state index contributed by atoms with van der Waals surface area (Å²) in [5, 5.41) is 35.1. The minimum absolute atomic E-state index is 0.0993. The van der Waals surface area contributed by atoms with E-state index in [0.717, 1.165) is 16.7 Å². The van der Waals surface area contributed by atoms with E-state index in [9.17, 15) is 43.1 Å². The van der Waals surface area contributed by atoms with Crippen LogP contribution >= 0.6 is 23.5 Å². The molecule has 0 spiro atoms. The van der Waals surface area contributed by atoms with Gasteiger partial charge in [0.1, 0.15) is 47.3 Å². The number of ether oxygens (including phenoxy) is 1. The summed E-state index contributed by atoms with van der Waals surface area (Å²) in [5.74, 6) is -1.77. The number of H-pyrrole nitrogens is 1. The molecular weight excluding hydrogens is 1150 g/mol. The lowest BCUT2D eigenvalue weighted by atomic mass is 9.95. The maximum Gasteiger partial charge on any atom is 0.245 e. The van der Waals surface area contributed by atoms with Gasteiger partial charge in [-0.2, -0.15) is 23.5 Å². The summed E-state index contributed by atoms with van der Waals surface area (Å²) in [7, 11) is 1.56. The first kappa shape index (κ1) is 67.6. The van der Waals surface area contributed by atoms with Crippen molar-refractivity contribution in [1.29, 1.82) is 0 Å². The van der Waals surface area contributed by atoms with Crippen LogP contribution in [0.15, 0.2) is 85.1 Å². The largest absolute Gasteiger partial charge is 0.497 e. The van der Waals surface area contributed by atoms with Gasteiger partial charge in [-0.3, -0.25) is 38.4 Å². The van der Waals surface area contributed by atoms with Gasteiger partial charge < -0.3 is 62.3 Å². The van der Waals surface area contributed by atoms with E-state index in [2.05, 4.69) is 53.6 Å². The van der Waals surface area contributed by atoms with E-state index in [4.69, 9.17) is 4.74 Å². The number of aromatic nitrogens is 1. The molecule has 3 aromatic carbocycles. The molecule has 472 valence electrons. The van der Waals surface area contributed by atoms with Crippen LogP contribution in [0.1, 0.15) is 121 Å².